The van der Waals surface area contributed by atoms with Crippen molar-refractivity contribution in [1.29, 1.82) is 0 Å². The van der Waals surface area contributed by atoms with E-state index in [1.165, 1.54) is 22.1 Å². The summed E-state index contributed by atoms with van der Waals surface area (Å²) >= 11 is 0. The van der Waals surface area contributed by atoms with Gasteiger partial charge in [-0.25, -0.2) is 0 Å². The summed E-state index contributed by atoms with van der Waals surface area (Å²) in [6.45, 7) is 5.69. The van der Waals surface area contributed by atoms with Gasteiger partial charge in [0.15, 0.2) is 0 Å². The Labute approximate surface area is 193 Å². The maximum absolute atomic E-state index is 12.8. The number of carbonyl (C=O) groups excluding carboxylic acids is 1. The number of benzene rings is 2. The van der Waals surface area contributed by atoms with Crippen LogP contribution in [0.5, 0.6) is 0 Å². The van der Waals surface area contributed by atoms with Crippen LogP contribution < -0.4 is 0 Å². The van der Waals surface area contributed by atoms with Crippen LogP contribution in [0.1, 0.15) is 49.6 Å². The smallest absolute Gasteiger partial charge is 0.227 e. The standard InChI is InChI=1S/C27H28N4O2/c1-18(2)19-7-9-21(10-8-19)27-29-25(33-30-27)11-12-26(32)31-15-13-20(14-16-31)23-17-28-24-6-4-3-5-22(23)24/h3-10,13,17-18,28H,11-12,14-16H2,1-2H3. The number of aromatic amines is 1. The van der Waals surface area contributed by atoms with Crippen LogP contribution in [0.3, 0.4) is 0 Å². The number of H-pyrrole nitrogens is 1. The van der Waals surface area contributed by atoms with Crippen molar-refractivity contribution in [2.45, 2.75) is 39.0 Å². The Morgan fingerprint density at radius 1 is 1.15 bits per heavy atom. The number of fused-ring (bicyclic) bond motifs is 1. The second-order valence-corrected chi connectivity index (χ2v) is 8.86. The number of para-hydroxylation sites is 1. The summed E-state index contributed by atoms with van der Waals surface area (Å²) in [5.41, 5.74) is 5.86. The average molecular weight is 441 g/mol. The molecular formula is C27H28N4O2. The van der Waals surface area contributed by atoms with E-state index in [4.69, 9.17) is 4.52 Å². The molecule has 1 aliphatic heterocycles. The van der Waals surface area contributed by atoms with Gasteiger partial charge >= 0.3 is 0 Å². The summed E-state index contributed by atoms with van der Waals surface area (Å²) in [6.07, 6.45) is 5.90. The normalized spacial score (nSPS) is 14.2. The molecule has 2 aromatic heterocycles. The van der Waals surface area contributed by atoms with Gasteiger partial charge in [-0.2, -0.15) is 4.98 Å². The molecule has 0 saturated heterocycles. The molecule has 1 amide bonds. The minimum atomic E-state index is 0.116. The lowest BCUT2D eigenvalue weighted by Gasteiger charge is -2.26. The van der Waals surface area contributed by atoms with Gasteiger partial charge in [0.05, 0.1) is 0 Å². The van der Waals surface area contributed by atoms with Crippen LogP contribution in [0.15, 0.2) is 65.3 Å². The van der Waals surface area contributed by atoms with Crippen LogP contribution >= 0.6 is 0 Å². The summed E-state index contributed by atoms with van der Waals surface area (Å²) in [5.74, 6) is 1.66. The quantitative estimate of drug-likeness (QED) is 0.424. The Morgan fingerprint density at radius 2 is 1.97 bits per heavy atom. The van der Waals surface area contributed by atoms with E-state index >= 15 is 0 Å². The second-order valence-electron chi connectivity index (χ2n) is 8.86. The number of hydrogen-bond acceptors (Lipinski definition) is 4. The molecule has 6 nitrogen and oxygen atoms in total. The van der Waals surface area contributed by atoms with E-state index in [1.54, 1.807) is 0 Å². The van der Waals surface area contributed by atoms with Crippen molar-refractivity contribution in [2.24, 2.45) is 0 Å². The van der Waals surface area contributed by atoms with Gasteiger partial charge in [-0.1, -0.05) is 67.5 Å². The first-order valence-corrected chi connectivity index (χ1v) is 11.5. The molecule has 6 heteroatoms. The first-order valence-electron chi connectivity index (χ1n) is 11.5. The predicted octanol–water partition coefficient (Wildman–Crippen LogP) is 5.59. The lowest BCUT2D eigenvalue weighted by Crippen LogP contribution is -2.34. The van der Waals surface area contributed by atoms with E-state index in [2.05, 4.69) is 71.6 Å². The van der Waals surface area contributed by atoms with E-state index in [9.17, 15) is 4.79 Å². The van der Waals surface area contributed by atoms with Crippen molar-refractivity contribution in [3.63, 3.8) is 0 Å². The minimum Gasteiger partial charge on any atom is -0.361 e. The third kappa shape index (κ3) is 4.46. The molecule has 168 valence electrons. The molecule has 0 saturated carbocycles. The Morgan fingerprint density at radius 3 is 2.73 bits per heavy atom. The van der Waals surface area contributed by atoms with Crippen molar-refractivity contribution in [3.05, 3.63) is 77.8 Å². The van der Waals surface area contributed by atoms with Gasteiger partial charge in [0, 0.05) is 54.2 Å². The monoisotopic (exact) mass is 440 g/mol. The third-order valence-corrected chi connectivity index (χ3v) is 6.35. The van der Waals surface area contributed by atoms with Gasteiger partial charge in [0.2, 0.25) is 17.6 Å². The van der Waals surface area contributed by atoms with Gasteiger partial charge in [-0.3, -0.25) is 4.79 Å². The van der Waals surface area contributed by atoms with E-state index in [0.717, 1.165) is 24.0 Å². The van der Waals surface area contributed by atoms with Gasteiger partial charge in [-0.15, -0.1) is 0 Å². The molecule has 0 radical (unpaired) electrons. The average Bonchev–Trinajstić information content (AvgIpc) is 3.50. The lowest BCUT2D eigenvalue weighted by atomic mass is 9.99. The molecule has 3 heterocycles. The number of rotatable bonds is 6. The molecule has 0 bridgehead atoms. The van der Waals surface area contributed by atoms with Gasteiger partial charge < -0.3 is 14.4 Å². The van der Waals surface area contributed by atoms with Crippen LogP contribution in [0, 0.1) is 0 Å². The molecule has 33 heavy (non-hydrogen) atoms. The summed E-state index contributed by atoms with van der Waals surface area (Å²) < 4.78 is 5.39. The fraction of sp³-hybridized carbons (Fsp3) is 0.296. The number of aromatic nitrogens is 3. The van der Waals surface area contributed by atoms with Crippen LogP contribution in [-0.4, -0.2) is 39.0 Å². The Bertz CT molecular complexity index is 1300. The Kier molecular flexibility index (Phi) is 5.82. The maximum Gasteiger partial charge on any atom is 0.227 e. The fourth-order valence-corrected chi connectivity index (χ4v) is 4.34. The molecule has 1 N–H and O–H groups in total. The van der Waals surface area contributed by atoms with Crippen molar-refractivity contribution in [3.8, 4) is 11.4 Å². The highest BCUT2D eigenvalue weighted by Gasteiger charge is 2.20. The molecule has 0 fully saturated rings. The second kappa shape index (κ2) is 9.06. The highest BCUT2D eigenvalue weighted by atomic mass is 16.5. The summed E-state index contributed by atoms with van der Waals surface area (Å²) in [5, 5.41) is 5.32. The van der Waals surface area contributed by atoms with Crippen molar-refractivity contribution in [2.75, 3.05) is 13.1 Å². The first-order chi connectivity index (χ1) is 16.1. The maximum atomic E-state index is 12.8. The predicted molar refractivity (Wildman–Crippen MR) is 130 cm³/mol. The zero-order valence-electron chi connectivity index (χ0n) is 19.0. The van der Waals surface area contributed by atoms with Crippen LogP contribution in [-0.2, 0) is 11.2 Å². The van der Waals surface area contributed by atoms with E-state index in [-0.39, 0.29) is 5.91 Å². The number of nitrogens with one attached hydrogen (secondary N) is 1. The van der Waals surface area contributed by atoms with Crippen LogP contribution in [0.2, 0.25) is 0 Å². The molecule has 0 aliphatic carbocycles. The zero-order valence-corrected chi connectivity index (χ0v) is 19.0. The number of aryl methyl sites for hydroxylation is 1. The number of nitrogens with zero attached hydrogens (tertiary/aromatic N) is 3. The van der Waals surface area contributed by atoms with Gasteiger partial charge in [-0.05, 0) is 29.5 Å². The lowest BCUT2D eigenvalue weighted by molar-refractivity contribution is -0.130. The van der Waals surface area contributed by atoms with E-state index in [0.29, 0.717) is 37.0 Å². The van der Waals surface area contributed by atoms with Crippen molar-refractivity contribution < 1.29 is 9.32 Å². The number of hydrogen-bond donors (Lipinski definition) is 1. The van der Waals surface area contributed by atoms with Crippen molar-refractivity contribution in [1.82, 2.24) is 20.0 Å². The van der Waals surface area contributed by atoms with Crippen molar-refractivity contribution >= 4 is 22.4 Å². The molecule has 1 aliphatic rings. The SMILES string of the molecule is CC(C)c1ccc(-c2noc(CCC(=O)N3CC=C(c4c[nH]c5ccccc45)CC3)n2)cc1. The molecule has 0 unspecified atom stereocenters. The zero-order chi connectivity index (χ0) is 22.8. The molecule has 0 atom stereocenters. The number of amides is 1. The summed E-state index contributed by atoms with van der Waals surface area (Å²) in [4.78, 5) is 22.5. The largest absolute Gasteiger partial charge is 0.361 e. The fourth-order valence-electron chi connectivity index (χ4n) is 4.34. The van der Waals surface area contributed by atoms with Crippen LogP contribution in [0.4, 0.5) is 0 Å². The molecule has 4 aromatic rings. The molecule has 5 rings (SSSR count). The topological polar surface area (TPSA) is 75.0 Å². The van der Waals surface area contributed by atoms with E-state index < -0.39 is 0 Å². The Balaban J connectivity index is 1.18. The van der Waals surface area contributed by atoms with Crippen LogP contribution in [0.25, 0.3) is 27.9 Å². The summed E-state index contributed by atoms with van der Waals surface area (Å²) in [7, 11) is 0. The molecular weight excluding hydrogens is 412 g/mol. The highest BCUT2D eigenvalue weighted by molar-refractivity contribution is 5.93. The molecule has 0 spiro atoms. The first kappa shape index (κ1) is 21.2. The highest BCUT2D eigenvalue weighted by Crippen LogP contribution is 2.29. The van der Waals surface area contributed by atoms with Gasteiger partial charge in [0.1, 0.15) is 0 Å². The van der Waals surface area contributed by atoms with E-state index in [1.807, 2.05) is 23.1 Å². The molecule has 2 aromatic carbocycles. The van der Waals surface area contributed by atoms with Gasteiger partial charge in [0.25, 0.3) is 0 Å². The third-order valence-electron chi connectivity index (χ3n) is 6.35. The number of carbonyl (C=O) groups is 1. The minimum absolute atomic E-state index is 0.116. The summed E-state index contributed by atoms with van der Waals surface area (Å²) in [6, 6.07) is 16.5. The Hall–Kier alpha value is -3.67.